The monoisotopic (exact) mass is 240 g/mol. The van der Waals surface area contributed by atoms with Crippen LogP contribution in [0.4, 0.5) is 0 Å². The lowest BCUT2D eigenvalue weighted by molar-refractivity contribution is 0.129. The third kappa shape index (κ3) is 4.99. The molecule has 0 heterocycles. The first kappa shape index (κ1) is 13.5. The molecule has 1 unspecified atom stereocenters. The Morgan fingerprint density at radius 2 is 2.06 bits per heavy atom. The van der Waals surface area contributed by atoms with E-state index in [-0.39, 0.29) is 6.04 Å². The molecule has 0 aliphatic heterocycles. The maximum Gasteiger partial charge on any atom is 0.0641 e. The number of aryl methyl sites for hydroxylation is 1. The number of hydrazine groups is 1. The molecule has 0 saturated heterocycles. The summed E-state index contributed by atoms with van der Waals surface area (Å²) in [5.41, 5.74) is 4.06. The molecule has 3 nitrogen and oxygen atoms in total. The highest BCUT2D eigenvalue weighted by Crippen LogP contribution is 2.18. The molecular weight excluding hydrogens is 220 g/mol. The first-order valence-electron chi connectivity index (χ1n) is 5.49. The minimum absolute atomic E-state index is 0.200. The number of nitrogens with one attached hydrogen (secondary N) is 1. The van der Waals surface area contributed by atoms with Gasteiger partial charge in [0.25, 0.3) is 0 Å². The van der Waals surface area contributed by atoms with Crippen molar-refractivity contribution in [1.82, 2.24) is 5.43 Å². The maximum atomic E-state index is 5.46. The number of ether oxygens (including phenoxy) is 1. The summed E-state index contributed by atoms with van der Waals surface area (Å²) in [6.45, 7) is 5.47. The molecule has 0 aliphatic carbocycles. The van der Waals surface area contributed by atoms with Crippen LogP contribution in [0.3, 0.4) is 0 Å². The molecule has 16 heavy (non-hydrogen) atoms. The number of thioether (sulfide) groups is 1. The van der Waals surface area contributed by atoms with E-state index in [9.17, 15) is 0 Å². The first-order chi connectivity index (χ1) is 7.76. The van der Waals surface area contributed by atoms with Gasteiger partial charge in [-0.15, -0.1) is 11.8 Å². The van der Waals surface area contributed by atoms with Crippen molar-refractivity contribution in [3.63, 3.8) is 0 Å². The van der Waals surface area contributed by atoms with Gasteiger partial charge < -0.3 is 4.74 Å². The van der Waals surface area contributed by atoms with Crippen molar-refractivity contribution in [2.45, 2.75) is 24.8 Å². The summed E-state index contributed by atoms with van der Waals surface area (Å²) in [5, 5.41) is 0. The zero-order valence-corrected chi connectivity index (χ0v) is 10.7. The standard InChI is InChI=1S/C12H20N2OS/c1-3-15-8-11(14-13)9-16-12-6-4-10(2)5-7-12/h4-7,11,14H,3,8-9,13H2,1-2H3. The Kier molecular flexibility index (Phi) is 6.49. The summed E-state index contributed by atoms with van der Waals surface area (Å²) in [5.74, 6) is 6.37. The van der Waals surface area contributed by atoms with E-state index >= 15 is 0 Å². The normalized spacial score (nSPS) is 12.7. The molecule has 1 aromatic rings. The highest BCUT2D eigenvalue weighted by Gasteiger charge is 2.06. The Labute approximate surface area is 102 Å². The van der Waals surface area contributed by atoms with Gasteiger partial charge in [-0.3, -0.25) is 11.3 Å². The van der Waals surface area contributed by atoms with Gasteiger partial charge in [-0.25, -0.2) is 0 Å². The fraction of sp³-hybridized carbons (Fsp3) is 0.500. The van der Waals surface area contributed by atoms with E-state index in [0.29, 0.717) is 6.61 Å². The summed E-state index contributed by atoms with van der Waals surface area (Å²) in [4.78, 5) is 1.27. The lowest BCUT2D eigenvalue weighted by atomic mass is 10.2. The van der Waals surface area contributed by atoms with Crippen LogP contribution in [0.2, 0.25) is 0 Å². The van der Waals surface area contributed by atoms with Crippen LogP contribution in [0, 0.1) is 6.92 Å². The second-order valence-electron chi connectivity index (χ2n) is 3.65. The summed E-state index contributed by atoms with van der Waals surface area (Å²) in [6.07, 6.45) is 0. The predicted molar refractivity (Wildman–Crippen MR) is 69.5 cm³/mol. The maximum absolute atomic E-state index is 5.46. The molecule has 3 N–H and O–H groups in total. The van der Waals surface area contributed by atoms with Gasteiger partial charge in [0.05, 0.1) is 12.6 Å². The van der Waals surface area contributed by atoms with Gasteiger partial charge in [-0.2, -0.15) is 0 Å². The van der Waals surface area contributed by atoms with E-state index in [1.807, 2.05) is 6.92 Å². The minimum Gasteiger partial charge on any atom is -0.380 e. The molecule has 0 fully saturated rings. The fourth-order valence-corrected chi connectivity index (χ4v) is 2.15. The Hall–Kier alpha value is -0.550. The average molecular weight is 240 g/mol. The molecule has 0 amide bonds. The molecule has 0 spiro atoms. The van der Waals surface area contributed by atoms with Gasteiger partial charge in [-0.1, -0.05) is 17.7 Å². The molecular formula is C12H20N2OS. The van der Waals surface area contributed by atoms with Crippen molar-refractivity contribution in [3.05, 3.63) is 29.8 Å². The Balaban J connectivity index is 2.34. The van der Waals surface area contributed by atoms with Gasteiger partial charge in [0.15, 0.2) is 0 Å². The lowest BCUT2D eigenvalue weighted by Gasteiger charge is -2.15. The van der Waals surface area contributed by atoms with Crippen molar-refractivity contribution >= 4 is 11.8 Å². The van der Waals surface area contributed by atoms with Gasteiger partial charge in [0.2, 0.25) is 0 Å². The number of rotatable bonds is 7. The van der Waals surface area contributed by atoms with Crippen LogP contribution < -0.4 is 11.3 Å². The quantitative estimate of drug-likeness (QED) is 0.434. The largest absolute Gasteiger partial charge is 0.380 e. The van der Waals surface area contributed by atoms with Gasteiger partial charge in [0, 0.05) is 17.3 Å². The summed E-state index contributed by atoms with van der Waals surface area (Å²) < 4.78 is 5.34. The van der Waals surface area contributed by atoms with Crippen molar-refractivity contribution in [3.8, 4) is 0 Å². The number of benzene rings is 1. The molecule has 90 valence electrons. The average Bonchev–Trinajstić information content (AvgIpc) is 2.32. The molecule has 0 saturated carbocycles. The molecule has 0 aromatic heterocycles. The second kappa shape index (κ2) is 7.68. The zero-order valence-electron chi connectivity index (χ0n) is 9.90. The Morgan fingerprint density at radius 3 is 2.62 bits per heavy atom. The van der Waals surface area contributed by atoms with E-state index in [2.05, 4.69) is 36.6 Å². The molecule has 0 bridgehead atoms. The first-order valence-corrected chi connectivity index (χ1v) is 6.48. The van der Waals surface area contributed by atoms with Crippen LogP contribution in [0.1, 0.15) is 12.5 Å². The van der Waals surface area contributed by atoms with Crippen molar-refractivity contribution in [2.24, 2.45) is 5.84 Å². The summed E-state index contributed by atoms with van der Waals surface area (Å²) in [7, 11) is 0. The van der Waals surface area contributed by atoms with E-state index in [0.717, 1.165) is 12.4 Å². The number of hydrogen-bond acceptors (Lipinski definition) is 4. The number of nitrogens with two attached hydrogens (primary N) is 1. The highest BCUT2D eigenvalue weighted by atomic mass is 32.2. The summed E-state index contributed by atoms with van der Waals surface area (Å²) in [6, 6.07) is 8.71. The van der Waals surface area contributed by atoms with E-state index in [1.54, 1.807) is 11.8 Å². The van der Waals surface area contributed by atoms with Crippen LogP contribution in [-0.4, -0.2) is 25.0 Å². The molecule has 4 heteroatoms. The Bertz CT molecular complexity index is 290. The highest BCUT2D eigenvalue weighted by molar-refractivity contribution is 7.99. The molecule has 1 aromatic carbocycles. The molecule has 0 radical (unpaired) electrons. The third-order valence-electron chi connectivity index (χ3n) is 2.23. The van der Waals surface area contributed by atoms with Crippen molar-refractivity contribution in [1.29, 1.82) is 0 Å². The number of hydrogen-bond donors (Lipinski definition) is 2. The van der Waals surface area contributed by atoms with Gasteiger partial charge in [0.1, 0.15) is 0 Å². The lowest BCUT2D eigenvalue weighted by Crippen LogP contribution is -2.40. The minimum atomic E-state index is 0.200. The molecule has 1 rings (SSSR count). The SMILES string of the molecule is CCOCC(CSc1ccc(C)cc1)NN. The fourth-order valence-electron chi connectivity index (χ4n) is 1.24. The molecule has 1 atom stereocenters. The third-order valence-corrected chi connectivity index (χ3v) is 3.41. The van der Waals surface area contributed by atoms with Crippen LogP contribution in [0.5, 0.6) is 0 Å². The molecule has 0 aliphatic rings. The van der Waals surface area contributed by atoms with Crippen molar-refractivity contribution < 1.29 is 4.74 Å². The summed E-state index contributed by atoms with van der Waals surface area (Å²) >= 11 is 1.79. The second-order valence-corrected chi connectivity index (χ2v) is 4.74. The zero-order chi connectivity index (χ0) is 11.8. The van der Waals surface area contributed by atoms with Crippen LogP contribution >= 0.6 is 11.8 Å². The van der Waals surface area contributed by atoms with Crippen molar-refractivity contribution in [2.75, 3.05) is 19.0 Å². The van der Waals surface area contributed by atoms with Crippen LogP contribution in [-0.2, 0) is 4.74 Å². The smallest absolute Gasteiger partial charge is 0.0641 e. The predicted octanol–water partition coefficient (Wildman–Crippen LogP) is 1.96. The van der Waals surface area contributed by atoms with Gasteiger partial charge in [-0.05, 0) is 26.0 Å². The van der Waals surface area contributed by atoms with E-state index in [4.69, 9.17) is 10.6 Å². The van der Waals surface area contributed by atoms with Crippen LogP contribution in [0.15, 0.2) is 29.2 Å². The van der Waals surface area contributed by atoms with E-state index in [1.165, 1.54) is 10.5 Å². The van der Waals surface area contributed by atoms with Crippen LogP contribution in [0.25, 0.3) is 0 Å². The Morgan fingerprint density at radius 1 is 1.38 bits per heavy atom. The van der Waals surface area contributed by atoms with E-state index < -0.39 is 0 Å². The topological polar surface area (TPSA) is 47.3 Å². The van der Waals surface area contributed by atoms with Gasteiger partial charge >= 0.3 is 0 Å².